The van der Waals surface area contributed by atoms with E-state index in [0.717, 1.165) is 22.9 Å². The van der Waals surface area contributed by atoms with E-state index < -0.39 is 11.6 Å². The van der Waals surface area contributed by atoms with E-state index in [2.05, 4.69) is 20.3 Å². The highest BCUT2D eigenvalue weighted by Crippen LogP contribution is 2.13. The van der Waals surface area contributed by atoms with E-state index in [0.29, 0.717) is 11.4 Å². The summed E-state index contributed by atoms with van der Waals surface area (Å²) in [6, 6.07) is 7.36. The van der Waals surface area contributed by atoms with Gasteiger partial charge in [0.1, 0.15) is 17.5 Å². The van der Waals surface area contributed by atoms with Crippen molar-refractivity contribution in [2.75, 3.05) is 14.1 Å². The van der Waals surface area contributed by atoms with E-state index in [1.807, 2.05) is 43.4 Å². The topological polar surface area (TPSA) is 49.6 Å². The Morgan fingerprint density at radius 3 is 2.62 bits per heavy atom. The first-order valence-electron chi connectivity index (χ1n) is 9.11. The molecule has 0 unspecified atom stereocenters. The van der Waals surface area contributed by atoms with Gasteiger partial charge in [0.05, 0.1) is 5.69 Å². The molecule has 0 saturated heterocycles. The Hall–Kier alpha value is -3.41. The summed E-state index contributed by atoms with van der Waals surface area (Å²) in [5.74, 6) is -0.628. The smallest absolute Gasteiger partial charge is 0.131 e. The number of aliphatic imine (C=N–C) groups is 2. The van der Waals surface area contributed by atoms with Gasteiger partial charge in [-0.1, -0.05) is 30.4 Å². The second-order valence-corrected chi connectivity index (χ2v) is 6.04. The van der Waals surface area contributed by atoms with Gasteiger partial charge in [-0.25, -0.2) is 8.78 Å². The first-order valence-corrected chi connectivity index (χ1v) is 9.11. The summed E-state index contributed by atoms with van der Waals surface area (Å²) in [5.41, 5.74) is 3.04. The molecule has 0 bridgehead atoms. The molecule has 0 aliphatic heterocycles. The molecule has 0 aliphatic carbocycles. The minimum Gasteiger partial charge on any atom is -0.366 e. The molecule has 1 N–H and O–H groups in total. The zero-order chi connectivity index (χ0) is 21.1. The van der Waals surface area contributed by atoms with Crippen LogP contribution < -0.4 is 5.32 Å². The molecular formula is C23H24F2N4. The molecule has 1 aromatic heterocycles. The third-order valence-corrected chi connectivity index (χ3v) is 3.98. The normalized spacial score (nSPS) is 13.1. The molecule has 29 heavy (non-hydrogen) atoms. The average molecular weight is 394 g/mol. The maximum atomic E-state index is 13.7. The summed E-state index contributed by atoms with van der Waals surface area (Å²) in [7, 11) is 3.36. The summed E-state index contributed by atoms with van der Waals surface area (Å²) < 4.78 is 26.7. The first-order chi connectivity index (χ1) is 14.1. The molecule has 0 fully saturated rings. The van der Waals surface area contributed by atoms with Gasteiger partial charge in [0.25, 0.3) is 0 Å². The van der Waals surface area contributed by atoms with Crippen molar-refractivity contribution in [1.82, 2.24) is 10.3 Å². The number of hydrogen-bond donors (Lipinski definition) is 1. The molecule has 0 radical (unpaired) electrons. The van der Waals surface area contributed by atoms with Crippen molar-refractivity contribution >= 4 is 23.7 Å². The van der Waals surface area contributed by atoms with Crippen LogP contribution in [0, 0.1) is 11.6 Å². The Labute approximate surface area is 170 Å². The number of amidine groups is 1. The van der Waals surface area contributed by atoms with Crippen LogP contribution in [0.1, 0.15) is 23.7 Å². The molecule has 0 spiro atoms. The lowest BCUT2D eigenvalue weighted by atomic mass is 10.1. The molecule has 4 nitrogen and oxygen atoms in total. The lowest BCUT2D eigenvalue weighted by molar-refractivity contribution is 0.570. The Bertz CT molecular complexity index is 955. The van der Waals surface area contributed by atoms with Crippen LogP contribution in [0.3, 0.4) is 0 Å². The number of nitrogens with zero attached hydrogens (tertiary/aromatic N) is 3. The van der Waals surface area contributed by atoms with Gasteiger partial charge in [-0.2, -0.15) is 0 Å². The van der Waals surface area contributed by atoms with Gasteiger partial charge >= 0.3 is 0 Å². The second-order valence-electron chi connectivity index (χ2n) is 6.04. The molecule has 150 valence electrons. The van der Waals surface area contributed by atoms with E-state index in [9.17, 15) is 8.78 Å². The molecule has 2 aromatic rings. The highest BCUT2D eigenvalue weighted by molar-refractivity contribution is 6.10. The minimum atomic E-state index is -0.598. The van der Waals surface area contributed by atoms with E-state index in [-0.39, 0.29) is 6.54 Å². The third kappa shape index (κ3) is 6.92. The number of nitrogens with one attached hydrogen (secondary N) is 1. The second kappa shape index (κ2) is 11.4. The number of halogens is 2. The van der Waals surface area contributed by atoms with Gasteiger partial charge in [0.2, 0.25) is 0 Å². The predicted octanol–water partition coefficient (Wildman–Crippen LogP) is 4.85. The van der Waals surface area contributed by atoms with Gasteiger partial charge in [-0.3, -0.25) is 15.0 Å². The van der Waals surface area contributed by atoms with Crippen LogP contribution in [0.15, 0.2) is 70.8 Å². The van der Waals surface area contributed by atoms with E-state index >= 15 is 0 Å². The molecule has 0 atom stereocenters. The molecule has 0 aliphatic rings. The molecule has 6 heteroatoms. The number of pyridine rings is 1. The number of rotatable bonds is 7. The lowest BCUT2D eigenvalue weighted by Gasteiger charge is -2.07. The van der Waals surface area contributed by atoms with Crippen molar-refractivity contribution < 1.29 is 8.78 Å². The Balaban J connectivity index is 2.05. The van der Waals surface area contributed by atoms with Gasteiger partial charge < -0.3 is 5.32 Å². The summed E-state index contributed by atoms with van der Waals surface area (Å²) >= 11 is 0. The maximum absolute atomic E-state index is 13.7. The highest BCUT2D eigenvalue weighted by atomic mass is 19.1. The number of benzene rings is 1. The summed E-state index contributed by atoms with van der Waals surface area (Å²) in [4.78, 5) is 12.6. The van der Waals surface area contributed by atoms with Crippen LogP contribution in [0.2, 0.25) is 0 Å². The molecule has 1 heterocycles. The van der Waals surface area contributed by atoms with Crippen molar-refractivity contribution in [2.24, 2.45) is 9.98 Å². The number of aromatic nitrogens is 1. The van der Waals surface area contributed by atoms with Crippen LogP contribution in [-0.4, -0.2) is 31.1 Å². The number of hydrogen-bond acceptors (Lipinski definition) is 3. The van der Waals surface area contributed by atoms with Crippen molar-refractivity contribution in [1.29, 1.82) is 0 Å². The number of allylic oxidation sites excluding steroid dienone is 4. The predicted molar refractivity (Wildman–Crippen MR) is 117 cm³/mol. The van der Waals surface area contributed by atoms with Crippen LogP contribution in [0.4, 0.5) is 8.78 Å². The van der Waals surface area contributed by atoms with E-state index in [1.54, 1.807) is 32.6 Å². The fourth-order valence-corrected chi connectivity index (χ4v) is 2.46. The largest absolute Gasteiger partial charge is 0.366 e. The fraction of sp³-hybridized carbons (Fsp3) is 0.174. The highest BCUT2D eigenvalue weighted by Gasteiger charge is 2.04. The summed E-state index contributed by atoms with van der Waals surface area (Å²) in [6.07, 6.45) is 13.0. The van der Waals surface area contributed by atoms with E-state index in [4.69, 9.17) is 0 Å². The molecule has 0 amide bonds. The monoisotopic (exact) mass is 394 g/mol. The zero-order valence-corrected chi connectivity index (χ0v) is 16.7. The quantitative estimate of drug-likeness (QED) is 0.415. The molecule has 0 saturated carbocycles. The van der Waals surface area contributed by atoms with Gasteiger partial charge in [-0.15, -0.1) is 0 Å². The zero-order valence-electron chi connectivity index (χ0n) is 16.7. The summed E-state index contributed by atoms with van der Waals surface area (Å²) in [5, 5.41) is 3.02. The summed E-state index contributed by atoms with van der Waals surface area (Å²) in [6.45, 7) is 2.15. The Morgan fingerprint density at radius 1 is 1.17 bits per heavy atom. The van der Waals surface area contributed by atoms with Gasteiger partial charge in [0.15, 0.2) is 0 Å². The standard InChI is InChI=1S/C23H24F2N4/c1-4-5-6-17(14-26-2)18-8-10-21(28-15-18)11-12-23(27-3)29-16-19-7-9-20(24)13-22(19)25/h4-15H,16H2,1-3H3,(H,27,29)/b5-4-,12-11-,17-6+,26-14-. The van der Waals surface area contributed by atoms with Crippen molar-refractivity contribution in [3.05, 3.63) is 89.3 Å². The SMILES string of the molecule is C\C=C/C=C(\C=N/C)c1ccc(/C=C\C(=N/C)NCc2ccc(F)cc2F)nc1. The minimum absolute atomic E-state index is 0.199. The first kappa shape index (κ1) is 21.9. The van der Waals surface area contributed by atoms with Crippen molar-refractivity contribution in [3.8, 4) is 0 Å². The van der Waals surface area contributed by atoms with Gasteiger partial charge in [0, 0.05) is 55.8 Å². The van der Waals surface area contributed by atoms with Gasteiger partial charge in [-0.05, 0) is 31.2 Å². The molecule has 2 rings (SSSR count). The van der Waals surface area contributed by atoms with E-state index in [1.165, 1.54) is 12.1 Å². The van der Waals surface area contributed by atoms with Crippen LogP contribution in [-0.2, 0) is 6.54 Å². The Kier molecular flexibility index (Phi) is 8.63. The Morgan fingerprint density at radius 2 is 2.00 bits per heavy atom. The van der Waals surface area contributed by atoms with Crippen LogP contribution >= 0.6 is 0 Å². The molecular weight excluding hydrogens is 370 g/mol. The van der Waals surface area contributed by atoms with Crippen LogP contribution in [0.5, 0.6) is 0 Å². The average Bonchev–Trinajstić information content (AvgIpc) is 2.73. The third-order valence-electron chi connectivity index (χ3n) is 3.98. The van der Waals surface area contributed by atoms with Crippen molar-refractivity contribution in [2.45, 2.75) is 13.5 Å². The molecule has 1 aromatic carbocycles. The van der Waals surface area contributed by atoms with Crippen LogP contribution in [0.25, 0.3) is 11.6 Å². The lowest BCUT2D eigenvalue weighted by Crippen LogP contribution is -2.21. The van der Waals surface area contributed by atoms with Crippen molar-refractivity contribution in [3.63, 3.8) is 0 Å². The maximum Gasteiger partial charge on any atom is 0.131 e. The fourth-order valence-electron chi connectivity index (χ4n) is 2.46.